The quantitative estimate of drug-likeness (QED) is 0.922. The molecule has 2 rings (SSSR count). The zero-order valence-corrected chi connectivity index (χ0v) is 10.3. The Morgan fingerprint density at radius 3 is 2.62 bits per heavy atom. The topological polar surface area (TPSA) is 78.7 Å². The zero-order chi connectivity index (χ0) is 15.5. The number of aromatic nitrogens is 2. The smallest absolute Gasteiger partial charge is 0.319 e. The van der Waals surface area contributed by atoms with Gasteiger partial charge in [-0.05, 0) is 18.2 Å². The predicted molar refractivity (Wildman–Crippen MR) is 66.1 cm³/mol. The number of carbonyl (C=O) groups is 1. The van der Waals surface area contributed by atoms with E-state index in [1.807, 2.05) is 0 Å². The summed E-state index contributed by atoms with van der Waals surface area (Å²) in [7, 11) is 0. The van der Waals surface area contributed by atoms with Gasteiger partial charge in [0.2, 0.25) is 0 Å². The lowest BCUT2D eigenvalue weighted by Crippen LogP contribution is -2.15. The van der Waals surface area contributed by atoms with Crippen LogP contribution in [0.1, 0.15) is 21.6 Å². The predicted octanol–water partition coefficient (Wildman–Crippen LogP) is 2.62. The van der Waals surface area contributed by atoms with Crippen LogP contribution in [-0.4, -0.2) is 15.9 Å². The van der Waals surface area contributed by atoms with Gasteiger partial charge in [-0.2, -0.15) is 18.4 Å². The van der Waals surface area contributed by atoms with E-state index in [2.05, 4.69) is 15.3 Å². The van der Waals surface area contributed by atoms with E-state index in [0.717, 1.165) is 12.1 Å². The van der Waals surface area contributed by atoms with Crippen LogP contribution in [0.15, 0.2) is 36.8 Å². The van der Waals surface area contributed by atoms with Gasteiger partial charge in [0.25, 0.3) is 5.91 Å². The molecule has 0 saturated heterocycles. The number of benzene rings is 1. The Balaban J connectivity index is 2.29. The van der Waals surface area contributed by atoms with Gasteiger partial charge < -0.3 is 5.32 Å². The second kappa shape index (κ2) is 5.58. The van der Waals surface area contributed by atoms with Crippen molar-refractivity contribution in [2.75, 3.05) is 5.32 Å². The fourth-order valence-electron chi connectivity index (χ4n) is 1.52. The van der Waals surface area contributed by atoms with Gasteiger partial charge in [0.1, 0.15) is 11.8 Å². The van der Waals surface area contributed by atoms with Crippen LogP contribution in [0.5, 0.6) is 0 Å². The minimum atomic E-state index is -4.56. The highest BCUT2D eigenvalue weighted by Gasteiger charge is 2.31. The third-order valence-electron chi connectivity index (χ3n) is 2.51. The fourth-order valence-corrected chi connectivity index (χ4v) is 1.52. The Labute approximate surface area is 117 Å². The standard InChI is InChI=1S/C13H7F3N4O/c14-13(15,16)9-1-2-10(8(5-9)6-17)20-12(21)11-7-18-3-4-19-11/h1-5,7H,(H,20,21). The molecule has 0 saturated carbocycles. The van der Waals surface area contributed by atoms with E-state index in [1.165, 1.54) is 18.6 Å². The summed E-state index contributed by atoms with van der Waals surface area (Å²) < 4.78 is 37.6. The lowest BCUT2D eigenvalue weighted by Gasteiger charge is -2.10. The molecule has 0 aliphatic rings. The number of nitrogens with zero attached hydrogens (tertiary/aromatic N) is 3. The van der Waals surface area contributed by atoms with E-state index in [-0.39, 0.29) is 16.9 Å². The van der Waals surface area contributed by atoms with Crippen molar-refractivity contribution in [3.63, 3.8) is 0 Å². The average Bonchev–Trinajstić information content (AvgIpc) is 2.47. The number of carbonyl (C=O) groups excluding carboxylic acids is 1. The van der Waals surface area contributed by atoms with Crippen LogP contribution >= 0.6 is 0 Å². The second-order valence-electron chi connectivity index (χ2n) is 3.91. The Morgan fingerprint density at radius 2 is 2.05 bits per heavy atom. The summed E-state index contributed by atoms with van der Waals surface area (Å²) in [6.07, 6.45) is -0.688. The maximum absolute atomic E-state index is 12.5. The first-order valence-corrected chi connectivity index (χ1v) is 5.60. The largest absolute Gasteiger partial charge is 0.416 e. The molecule has 0 spiro atoms. The maximum atomic E-state index is 12.5. The molecule has 0 atom stereocenters. The number of alkyl halides is 3. The summed E-state index contributed by atoms with van der Waals surface area (Å²) in [5.74, 6) is -0.667. The number of amides is 1. The number of anilines is 1. The number of nitriles is 1. The van der Waals surface area contributed by atoms with E-state index in [4.69, 9.17) is 5.26 Å². The molecule has 0 aliphatic heterocycles. The van der Waals surface area contributed by atoms with Crippen LogP contribution in [0.2, 0.25) is 0 Å². The van der Waals surface area contributed by atoms with Crippen molar-refractivity contribution in [3.8, 4) is 6.07 Å². The third-order valence-corrected chi connectivity index (χ3v) is 2.51. The van der Waals surface area contributed by atoms with Crippen molar-refractivity contribution >= 4 is 11.6 Å². The number of nitrogens with one attached hydrogen (secondary N) is 1. The number of rotatable bonds is 2. The fraction of sp³-hybridized carbons (Fsp3) is 0.0769. The van der Waals surface area contributed by atoms with Crippen molar-refractivity contribution in [1.29, 1.82) is 5.26 Å². The molecule has 1 heterocycles. The third kappa shape index (κ3) is 3.33. The Bertz CT molecular complexity index is 708. The minimum Gasteiger partial charge on any atom is -0.319 e. The number of hydrogen-bond acceptors (Lipinski definition) is 4. The lowest BCUT2D eigenvalue weighted by molar-refractivity contribution is -0.137. The van der Waals surface area contributed by atoms with Crippen LogP contribution in [0.3, 0.4) is 0 Å². The Kier molecular flexibility index (Phi) is 3.84. The van der Waals surface area contributed by atoms with Crippen molar-refractivity contribution in [3.05, 3.63) is 53.6 Å². The average molecular weight is 292 g/mol. The molecule has 1 aromatic carbocycles. The maximum Gasteiger partial charge on any atom is 0.416 e. The first kappa shape index (κ1) is 14.5. The Hall–Kier alpha value is -2.95. The molecular weight excluding hydrogens is 285 g/mol. The monoisotopic (exact) mass is 292 g/mol. The van der Waals surface area contributed by atoms with Gasteiger partial charge in [-0.1, -0.05) is 0 Å². The molecule has 5 nitrogen and oxygen atoms in total. The molecule has 1 aromatic heterocycles. The highest BCUT2D eigenvalue weighted by atomic mass is 19.4. The van der Waals surface area contributed by atoms with Gasteiger partial charge in [0.05, 0.1) is 23.0 Å². The summed E-state index contributed by atoms with van der Waals surface area (Å²) in [5, 5.41) is 11.2. The van der Waals surface area contributed by atoms with Gasteiger partial charge >= 0.3 is 6.18 Å². The van der Waals surface area contributed by atoms with Gasteiger partial charge in [-0.25, -0.2) is 4.98 Å². The highest BCUT2D eigenvalue weighted by Crippen LogP contribution is 2.31. The van der Waals surface area contributed by atoms with Gasteiger partial charge in [-0.15, -0.1) is 0 Å². The highest BCUT2D eigenvalue weighted by molar-refractivity contribution is 6.03. The SMILES string of the molecule is N#Cc1cc(C(F)(F)F)ccc1NC(=O)c1cnccn1. The molecular formula is C13H7F3N4O. The summed E-state index contributed by atoms with van der Waals surface area (Å²) in [6, 6.07) is 4.10. The number of hydrogen-bond donors (Lipinski definition) is 1. The molecule has 106 valence electrons. The molecule has 8 heteroatoms. The molecule has 1 N–H and O–H groups in total. The van der Waals surface area contributed by atoms with Gasteiger partial charge in [0, 0.05) is 12.4 Å². The van der Waals surface area contributed by atoms with E-state index in [9.17, 15) is 18.0 Å². The molecule has 1 amide bonds. The second-order valence-corrected chi connectivity index (χ2v) is 3.91. The van der Waals surface area contributed by atoms with E-state index < -0.39 is 17.6 Å². The van der Waals surface area contributed by atoms with E-state index in [0.29, 0.717) is 6.07 Å². The molecule has 21 heavy (non-hydrogen) atoms. The summed E-state index contributed by atoms with van der Waals surface area (Å²) in [5.41, 5.74) is -1.29. The van der Waals surface area contributed by atoms with Crippen LogP contribution in [-0.2, 0) is 6.18 Å². The van der Waals surface area contributed by atoms with Gasteiger partial charge in [0.15, 0.2) is 0 Å². The molecule has 0 radical (unpaired) electrons. The van der Waals surface area contributed by atoms with Gasteiger partial charge in [-0.3, -0.25) is 9.78 Å². The van der Waals surface area contributed by atoms with Crippen LogP contribution < -0.4 is 5.32 Å². The van der Waals surface area contributed by atoms with Crippen molar-refractivity contribution < 1.29 is 18.0 Å². The van der Waals surface area contributed by atoms with Crippen molar-refractivity contribution in [1.82, 2.24) is 9.97 Å². The molecule has 0 bridgehead atoms. The summed E-state index contributed by atoms with van der Waals surface area (Å²) in [4.78, 5) is 19.3. The zero-order valence-electron chi connectivity index (χ0n) is 10.3. The van der Waals surface area contributed by atoms with E-state index >= 15 is 0 Å². The van der Waals surface area contributed by atoms with Crippen molar-refractivity contribution in [2.45, 2.75) is 6.18 Å². The van der Waals surface area contributed by atoms with Crippen molar-refractivity contribution in [2.24, 2.45) is 0 Å². The first-order valence-electron chi connectivity index (χ1n) is 5.60. The minimum absolute atomic E-state index is 0.0127. The molecule has 0 fully saturated rings. The Morgan fingerprint density at radius 1 is 1.29 bits per heavy atom. The summed E-state index contributed by atoms with van der Waals surface area (Å²) >= 11 is 0. The lowest BCUT2D eigenvalue weighted by atomic mass is 10.1. The molecule has 0 aliphatic carbocycles. The summed E-state index contributed by atoms with van der Waals surface area (Å²) in [6.45, 7) is 0. The van der Waals surface area contributed by atoms with E-state index in [1.54, 1.807) is 6.07 Å². The normalized spacial score (nSPS) is 10.8. The van der Waals surface area contributed by atoms with Crippen LogP contribution in [0.25, 0.3) is 0 Å². The van der Waals surface area contributed by atoms with Crippen LogP contribution in [0, 0.1) is 11.3 Å². The first-order chi connectivity index (χ1) is 9.91. The molecule has 0 unspecified atom stereocenters. The number of halogens is 3. The van der Waals surface area contributed by atoms with Crippen LogP contribution in [0.4, 0.5) is 18.9 Å². The molecule has 2 aromatic rings.